The second-order valence-corrected chi connectivity index (χ2v) is 7.67. The topological polar surface area (TPSA) is 35.5 Å². The zero-order valence-corrected chi connectivity index (χ0v) is 18.0. The minimum absolute atomic E-state index is 0.0169. The van der Waals surface area contributed by atoms with Crippen LogP contribution in [0.1, 0.15) is 123 Å². The van der Waals surface area contributed by atoms with Crippen molar-refractivity contribution >= 4 is 5.97 Å². The standard InChI is InChI=1S/C23H46O3/c1-4-6-8-10-11-15-19-22(18-14-9-7-5-2)26-23(24)20-16-12-13-17-21-25-3/h22H,4-21H2,1-3H3. The van der Waals surface area contributed by atoms with Crippen molar-refractivity contribution in [2.75, 3.05) is 13.7 Å². The van der Waals surface area contributed by atoms with Crippen LogP contribution in [0.15, 0.2) is 0 Å². The lowest BCUT2D eigenvalue weighted by molar-refractivity contribution is -0.150. The maximum Gasteiger partial charge on any atom is 0.306 e. The number of esters is 1. The first-order valence-electron chi connectivity index (χ1n) is 11.4. The molecule has 0 saturated heterocycles. The zero-order valence-electron chi connectivity index (χ0n) is 18.0. The molecule has 0 aromatic heterocycles. The third kappa shape index (κ3) is 18.2. The second-order valence-electron chi connectivity index (χ2n) is 7.67. The van der Waals surface area contributed by atoms with E-state index in [1.54, 1.807) is 7.11 Å². The van der Waals surface area contributed by atoms with E-state index < -0.39 is 0 Å². The first-order chi connectivity index (χ1) is 12.7. The van der Waals surface area contributed by atoms with Gasteiger partial charge in [-0.15, -0.1) is 0 Å². The van der Waals surface area contributed by atoms with Crippen molar-refractivity contribution in [3.05, 3.63) is 0 Å². The predicted molar refractivity (Wildman–Crippen MR) is 112 cm³/mol. The molecular formula is C23H46O3. The van der Waals surface area contributed by atoms with E-state index in [4.69, 9.17) is 9.47 Å². The number of unbranched alkanes of at least 4 members (excludes halogenated alkanes) is 11. The molecule has 0 aliphatic rings. The normalized spacial score (nSPS) is 12.3. The van der Waals surface area contributed by atoms with Crippen LogP contribution in [0.2, 0.25) is 0 Å². The molecule has 0 fully saturated rings. The molecule has 1 unspecified atom stereocenters. The number of hydrogen-bond donors (Lipinski definition) is 0. The number of rotatable bonds is 20. The van der Waals surface area contributed by atoms with Crippen LogP contribution in [0.25, 0.3) is 0 Å². The predicted octanol–water partition coefficient (Wildman–Crippen LogP) is 7.22. The summed E-state index contributed by atoms with van der Waals surface area (Å²) in [5.41, 5.74) is 0. The average molecular weight is 371 g/mol. The Morgan fingerprint density at radius 3 is 1.81 bits per heavy atom. The van der Waals surface area contributed by atoms with Crippen molar-refractivity contribution in [3.8, 4) is 0 Å². The van der Waals surface area contributed by atoms with Gasteiger partial charge in [-0.25, -0.2) is 0 Å². The summed E-state index contributed by atoms with van der Waals surface area (Å²) in [6.45, 7) is 5.31. The lowest BCUT2D eigenvalue weighted by Gasteiger charge is -2.18. The van der Waals surface area contributed by atoms with Gasteiger partial charge in [0.2, 0.25) is 0 Å². The molecule has 0 N–H and O–H groups in total. The van der Waals surface area contributed by atoms with E-state index in [0.29, 0.717) is 6.42 Å². The van der Waals surface area contributed by atoms with E-state index in [1.165, 1.54) is 64.2 Å². The molecule has 26 heavy (non-hydrogen) atoms. The highest BCUT2D eigenvalue weighted by molar-refractivity contribution is 5.69. The van der Waals surface area contributed by atoms with Crippen molar-refractivity contribution < 1.29 is 14.3 Å². The molecule has 0 amide bonds. The van der Waals surface area contributed by atoms with Crippen LogP contribution in [0.3, 0.4) is 0 Å². The largest absolute Gasteiger partial charge is 0.462 e. The zero-order chi connectivity index (χ0) is 19.3. The van der Waals surface area contributed by atoms with Crippen LogP contribution >= 0.6 is 0 Å². The van der Waals surface area contributed by atoms with Crippen molar-refractivity contribution in [1.29, 1.82) is 0 Å². The van der Waals surface area contributed by atoms with Crippen LogP contribution in [0, 0.1) is 0 Å². The van der Waals surface area contributed by atoms with Crippen molar-refractivity contribution in [3.63, 3.8) is 0 Å². The Hall–Kier alpha value is -0.570. The van der Waals surface area contributed by atoms with E-state index in [1.807, 2.05) is 0 Å². The van der Waals surface area contributed by atoms with Gasteiger partial charge in [-0.1, -0.05) is 78.1 Å². The number of hydrogen-bond acceptors (Lipinski definition) is 3. The summed E-state index contributed by atoms with van der Waals surface area (Å²) in [6, 6.07) is 0. The third-order valence-electron chi connectivity index (χ3n) is 5.04. The molecule has 3 heteroatoms. The Labute approximate surface area is 163 Å². The van der Waals surface area contributed by atoms with Gasteiger partial charge in [0.25, 0.3) is 0 Å². The maximum absolute atomic E-state index is 12.2. The molecule has 0 aromatic rings. The van der Waals surface area contributed by atoms with E-state index in [2.05, 4.69) is 13.8 Å². The molecule has 0 aromatic carbocycles. The fraction of sp³-hybridized carbons (Fsp3) is 0.957. The molecule has 3 nitrogen and oxygen atoms in total. The van der Waals surface area contributed by atoms with Gasteiger partial charge < -0.3 is 9.47 Å². The van der Waals surface area contributed by atoms with Crippen LogP contribution in [-0.2, 0) is 14.3 Å². The third-order valence-corrected chi connectivity index (χ3v) is 5.04. The highest BCUT2D eigenvalue weighted by Crippen LogP contribution is 2.17. The Kier molecular flexibility index (Phi) is 20.3. The quantitative estimate of drug-likeness (QED) is 0.168. The van der Waals surface area contributed by atoms with Gasteiger partial charge in [0.05, 0.1) is 0 Å². The van der Waals surface area contributed by atoms with Gasteiger partial charge in [-0.05, 0) is 38.5 Å². The first kappa shape index (κ1) is 25.4. The maximum atomic E-state index is 12.2. The van der Waals surface area contributed by atoms with Gasteiger partial charge in [-0.3, -0.25) is 4.79 Å². The fourth-order valence-electron chi connectivity index (χ4n) is 3.33. The molecule has 0 rings (SSSR count). The summed E-state index contributed by atoms with van der Waals surface area (Å²) in [7, 11) is 1.74. The monoisotopic (exact) mass is 370 g/mol. The fourth-order valence-corrected chi connectivity index (χ4v) is 3.33. The molecule has 0 radical (unpaired) electrons. The molecule has 156 valence electrons. The van der Waals surface area contributed by atoms with Crippen LogP contribution in [-0.4, -0.2) is 25.8 Å². The first-order valence-corrected chi connectivity index (χ1v) is 11.4. The SMILES string of the molecule is CCCCCCCCC(CCCCCC)OC(=O)CCCCCCOC. The van der Waals surface area contributed by atoms with E-state index in [-0.39, 0.29) is 12.1 Å². The molecule has 0 aliphatic carbocycles. The molecule has 0 saturated carbocycles. The van der Waals surface area contributed by atoms with Crippen molar-refractivity contribution in [2.45, 2.75) is 129 Å². The van der Waals surface area contributed by atoms with Gasteiger partial charge >= 0.3 is 5.97 Å². The Morgan fingerprint density at radius 1 is 0.692 bits per heavy atom. The molecular weight excluding hydrogens is 324 g/mol. The molecule has 0 aliphatic heterocycles. The van der Waals surface area contributed by atoms with Gasteiger partial charge in [0.1, 0.15) is 6.10 Å². The summed E-state index contributed by atoms with van der Waals surface area (Å²) >= 11 is 0. The van der Waals surface area contributed by atoms with Crippen LogP contribution in [0.5, 0.6) is 0 Å². The summed E-state index contributed by atoms with van der Waals surface area (Å²) in [6.07, 6.45) is 19.9. The summed E-state index contributed by atoms with van der Waals surface area (Å²) < 4.78 is 10.9. The highest BCUT2D eigenvalue weighted by Gasteiger charge is 2.14. The lowest BCUT2D eigenvalue weighted by Crippen LogP contribution is -2.18. The minimum Gasteiger partial charge on any atom is -0.462 e. The number of methoxy groups -OCH3 is 1. The second kappa shape index (κ2) is 20.7. The number of carbonyl (C=O) groups excluding carboxylic acids is 1. The van der Waals surface area contributed by atoms with E-state index in [9.17, 15) is 4.79 Å². The van der Waals surface area contributed by atoms with E-state index >= 15 is 0 Å². The Morgan fingerprint density at radius 2 is 1.19 bits per heavy atom. The number of carbonyl (C=O) groups is 1. The summed E-state index contributed by atoms with van der Waals surface area (Å²) in [5, 5.41) is 0. The summed E-state index contributed by atoms with van der Waals surface area (Å²) in [5.74, 6) is 0.0169. The van der Waals surface area contributed by atoms with Crippen molar-refractivity contribution in [2.24, 2.45) is 0 Å². The minimum atomic E-state index is 0.0169. The number of ether oxygens (including phenoxy) is 2. The van der Waals surface area contributed by atoms with E-state index in [0.717, 1.165) is 45.1 Å². The molecule has 1 atom stereocenters. The van der Waals surface area contributed by atoms with Crippen LogP contribution in [0.4, 0.5) is 0 Å². The van der Waals surface area contributed by atoms with Crippen molar-refractivity contribution in [1.82, 2.24) is 0 Å². The highest BCUT2D eigenvalue weighted by atomic mass is 16.5. The molecule has 0 heterocycles. The van der Waals surface area contributed by atoms with Gasteiger partial charge in [0.15, 0.2) is 0 Å². The Bertz CT molecular complexity index is 291. The van der Waals surface area contributed by atoms with Gasteiger partial charge in [0, 0.05) is 20.1 Å². The summed E-state index contributed by atoms with van der Waals surface area (Å²) in [4.78, 5) is 12.2. The van der Waals surface area contributed by atoms with Crippen LogP contribution < -0.4 is 0 Å². The smallest absolute Gasteiger partial charge is 0.306 e. The Balaban J connectivity index is 3.93. The lowest BCUT2D eigenvalue weighted by atomic mass is 10.0. The molecule has 0 bridgehead atoms. The molecule has 0 spiro atoms. The average Bonchev–Trinajstić information content (AvgIpc) is 2.64. The van der Waals surface area contributed by atoms with Gasteiger partial charge in [-0.2, -0.15) is 0 Å².